The zero-order valence-electron chi connectivity index (χ0n) is 15.9. The molecular weight excluding hydrogens is 369 g/mol. The van der Waals surface area contributed by atoms with Gasteiger partial charge in [0.05, 0.1) is 11.6 Å². The molecule has 1 aliphatic heterocycles. The fraction of sp³-hybridized carbons (Fsp3) is 0.600. The second kappa shape index (κ2) is 8.50. The van der Waals surface area contributed by atoms with Crippen LogP contribution in [0.1, 0.15) is 36.8 Å². The first-order chi connectivity index (χ1) is 13.3. The number of halogens is 3. The van der Waals surface area contributed by atoms with Crippen LogP contribution in [0, 0.1) is 11.3 Å². The van der Waals surface area contributed by atoms with E-state index in [9.17, 15) is 23.2 Å². The van der Waals surface area contributed by atoms with Gasteiger partial charge in [0, 0.05) is 5.56 Å². The summed E-state index contributed by atoms with van der Waals surface area (Å²) in [4.78, 5) is 14.7. The van der Waals surface area contributed by atoms with Gasteiger partial charge < -0.3 is 15.1 Å². The van der Waals surface area contributed by atoms with Gasteiger partial charge in [-0.05, 0) is 37.8 Å². The number of nitrogens with zero attached hydrogens (tertiary/aromatic N) is 1. The highest BCUT2D eigenvalue weighted by atomic mass is 19.4. The number of hydrogen-bond acceptors (Lipinski definition) is 2. The molecule has 1 saturated heterocycles. The number of quaternary nitrogens is 2. The summed E-state index contributed by atoms with van der Waals surface area (Å²) in [5.74, 6) is -0.0835. The van der Waals surface area contributed by atoms with Crippen molar-refractivity contribution in [3.8, 4) is 6.07 Å². The van der Waals surface area contributed by atoms with Crippen molar-refractivity contribution in [2.45, 2.75) is 43.9 Å². The van der Waals surface area contributed by atoms with E-state index in [-0.39, 0.29) is 5.91 Å². The number of carbonyl (C=O) groups excluding carboxylic acids is 1. The van der Waals surface area contributed by atoms with E-state index in [1.165, 1.54) is 17.0 Å². The van der Waals surface area contributed by atoms with Gasteiger partial charge in [-0.25, -0.2) is 0 Å². The zero-order valence-corrected chi connectivity index (χ0v) is 15.9. The Morgan fingerprint density at radius 2 is 1.79 bits per heavy atom. The fourth-order valence-corrected chi connectivity index (χ4v) is 4.24. The van der Waals surface area contributed by atoms with Crippen molar-refractivity contribution in [3.05, 3.63) is 35.4 Å². The number of alkyl halides is 3. The molecule has 3 rings (SSSR count). The monoisotopic (exact) mass is 396 g/mol. The highest BCUT2D eigenvalue weighted by molar-refractivity contribution is 5.78. The van der Waals surface area contributed by atoms with Gasteiger partial charge in [-0.1, -0.05) is 12.1 Å². The van der Waals surface area contributed by atoms with Crippen LogP contribution in [0.4, 0.5) is 13.2 Å². The Kier molecular flexibility index (Phi) is 6.26. The summed E-state index contributed by atoms with van der Waals surface area (Å²) >= 11 is 0. The maximum Gasteiger partial charge on any atom is 0.416 e. The Hall–Kier alpha value is -2.11. The molecule has 0 bridgehead atoms. The third kappa shape index (κ3) is 5.24. The van der Waals surface area contributed by atoms with Gasteiger partial charge in [-0.3, -0.25) is 4.79 Å². The molecule has 2 fully saturated rings. The number of carbonyl (C=O) groups is 1. The van der Waals surface area contributed by atoms with Crippen LogP contribution in [0.3, 0.4) is 0 Å². The molecule has 1 aromatic carbocycles. The number of piperazine rings is 1. The van der Waals surface area contributed by atoms with E-state index >= 15 is 0 Å². The number of rotatable bonds is 5. The minimum atomic E-state index is -4.32. The maximum absolute atomic E-state index is 12.8. The number of benzene rings is 1. The largest absolute Gasteiger partial charge is 0.416 e. The first-order valence-corrected chi connectivity index (χ1v) is 9.85. The summed E-state index contributed by atoms with van der Waals surface area (Å²) in [6.07, 6.45) is -0.933. The maximum atomic E-state index is 12.8. The average molecular weight is 396 g/mol. The molecule has 0 spiro atoms. The smallest absolute Gasteiger partial charge is 0.333 e. The molecule has 1 aromatic rings. The third-order valence-corrected chi connectivity index (χ3v) is 5.83. The van der Waals surface area contributed by atoms with Crippen molar-refractivity contribution in [2.24, 2.45) is 0 Å². The molecule has 1 saturated carbocycles. The van der Waals surface area contributed by atoms with Crippen molar-refractivity contribution in [1.29, 1.82) is 5.26 Å². The van der Waals surface area contributed by atoms with Crippen LogP contribution in [-0.4, -0.2) is 44.2 Å². The second-order valence-electron chi connectivity index (χ2n) is 8.00. The minimum Gasteiger partial charge on any atom is -0.333 e. The number of amides is 1. The lowest BCUT2D eigenvalue weighted by molar-refractivity contribution is -1.02. The Morgan fingerprint density at radius 1 is 1.14 bits per heavy atom. The summed E-state index contributed by atoms with van der Waals surface area (Å²) in [5, 5.41) is 12.3. The van der Waals surface area contributed by atoms with Crippen LogP contribution in [0.15, 0.2) is 24.3 Å². The Bertz CT molecular complexity index is 730. The fourth-order valence-electron chi connectivity index (χ4n) is 4.24. The first-order valence-electron chi connectivity index (χ1n) is 9.85. The van der Waals surface area contributed by atoms with Crippen LogP contribution in [-0.2, 0) is 17.5 Å². The van der Waals surface area contributed by atoms with Crippen LogP contribution < -0.4 is 15.1 Å². The number of hydrogen-bond donors (Lipinski definition) is 3. The number of nitriles is 1. The SMILES string of the molecule is N#CC1(NC(=O)C[NH+]2CC[NH+](Cc3cccc(C(F)(F)F)c3)CC2)CCCC1. The molecular formula is C20H27F3N4O+2. The van der Waals surface area contributed by atoms with Gasteiger partial charge in [-0.15, -0.1) is 0 Å². The van der Waals surface area contributed by atoms with Gasteiger partial charge in [0.2, 0.25) is 0 Å². The lowest BCUT2D eigenvalue weighted by Gasteiger charge is -2.30. The first kappa shape index (κ1) is 20.6. The lowest BCUT2D eigenvalue weighted by atomic mass is 10.00. The Balaban J connectivity index is 1.46. The van der Waals surface area contributed by atoms with Crippen molar-refractivity contribution >= 4 is 5.91 Å². The summed E-state index contributed by atoms with van der Waals surface area (Å²) in [5.41, 5.74) is -0.612. The number of nitrogens with one attached hydrogen (secondary N) is 3. The van der Waals surface area contributed by atoms with Crippen LogP contribution in [0.25, 0.3) is 0 Å². The van der Waals surface area contributed by atoms with Crippen LogP contribution >= 0.6 is 0 Å². The summed E-state index contributed by atoms with van der Waals surface area (Å²) in [6, 6.07) is 7.78. The van der Waals surface area contributed by atoms with Gasteiger partial charge >= 0.3 is 6.18 Å². The molecule has 3 N–H and O–H groups in total. The topological polar surface area (TPSA) is 61.8 Å². The van der Waals surface area contributed by atoms with Crippen LogP contribution in [0.2, 0.25) is 0 Å². The predicted octanol–water partition coefficient (Wildman–Crippen LogP) is -0.0586. The molecule has 5 nitrogen and oxygen atoms in total. The standard InChI is InChI=1S/C20H25F3N4O/c21-20(22,23)17-5-3-4-16(12-17)13-26-8-10-27(11-9-26)14-18(28)25-19(15-24)6-1-2-7-19/h3-5,12H,1-2,6-11,13-14H2,(H,25,28)/p+2. The van der Waals surface area contributed by atoms with Gasteiger partial charge in [0.15, 0.2) is 6.54 Å². The van der Waals surface area contributed by atoms with Crippen molar-refractivity contribution in [2.75, 3.05) is 32.7 Å². The second-order valence-corrected chi connectivity index (χ2v) is 8.00. The zero-order chi connectivity index (χ0) is 20.2. The molecule has 152 valence electrons. The Morgan fingerprint density at radius 3 is 2.39 bits per heavy atom. The third-order valence-electron chi connectivity index (χ3n) is 5.83. The molecule has 0 aromatic heterocycles. The summed E-state index contributed by atoms with van der Waals surface area (Å²) < 4.78 is 38.5. The van der Waals surface area contributed by atoms with Crippen LogP contribution in [0.5, 0.6) is 0 Å². The van der Waals surface area contributed by atoms with Gasteiger partial charge in [-0.2, -0.15) is 18.4 Å². The Labute approximate surface area is 163 Å². The highest BCUT2D eigenvalue weighted by Crippen LogP contribution is 2.29. The summed E-state index contributed by atoms with van der Waals surface area (Å²) in [6.45, 7) is 4.11. The van der Waals surface area contributed by atoms with Crippen molar-refractivity contribution < 1.29 is 27.8 Å². The van der Waals surface area contributed by atoms with E-state index in [4.69, 9.17) is 0 Å². The quantitative estimate of drug-likeness (QED) is 0.653. The van der Waals surface area contributed by atoms with Crippen molar-refractivity contribution in [1.82, 2.24) is 5.32 Å². The molecule has 1 aliphatic carbocycles. The van der Waals surface area contributed by atoms with E-state index in [1.807, 2.05) is 0 Å². The molecule has 28 heavy (non-hydrogen) atoms. The van der Waals surface area contributed by atoms with E-state index < -0.39 is 17.3 Å². The van der Waals surface area contributed by atoms with Gasteiger partial charge in [0.25, 0.3) is 5.91 Å². The molecule has 1 heterocycles. The average Bonchev–Trinajstić information content (AvgIpc) is 3.12. The summed E-state index contributed by atoms with van der Waals surface area (Å²) in [7, 11) is 0. The van der Waals surface area contributed by atoms with E-state index in [1.54, 1.807) is 6.07 Å². The van der Waals surface area contributed by atoms with E-state index in [0.717, 1.165) is 62.8 Å². The van der Waals surface area contributed by atoms with Gasteiger partial charge in [0.1, 0.15) is 38.3 Å². The molecule has 0 unspecified atom stereocenters. The van der Waals surface area contributed by atoms with E-state index in [2.05, 4.69) is 11.4 Å². The normalized spacial score (nSPS) is 24.5. The van der Waals surface area contributed by atoms with Crippen molar-refractivity contribution in [3.63, 3.8) is 0 Å². The molecule has 1 amide bonds. The minimum absolute atomic E-state index is 0.0835. The van der Waals surface area contributed by atoms with E-state index in [0.29, 0.717) is 18.7 Å². The molecule has 2 aliphatic rings. The lowest BCUT2D eigenvalue weighted by Crippen LogP contribution is -3.28. The molecule has 0 atom stereocenters. The highest BCUT2D eigenvalue weighted by Gasteiger charge is 2.36. The predicted molar refractivity (Wildman–Crippen MR) is 96.4 cm³/mol. The molecule has 0 radical (unpaired) electrons. The molecule has 8 heteroatoms.